The Bertz CT molecular complexity index is 116. The molecule has 0 aliphatic carbocycles. The Kier molecular flexibility index (Phi) is 2.82. The number of aliphatic hydroxyl groups excluding tert-OH is 1. The van der Waals surface area contributed by atoms with E-state index in [0.717, 1.165) is 0 Å². The summed E-state index contributed by atoms with van der Waals surface area (Å²) in [5.74, 6) is 0.0856. The van der Waals surface area contributed by atoms with Gasteiger partial charge in [0.25, 0.3) is 0 Å². The van der Waals surface area contributed by atoms with Crippen molar-refractivity contribution in [3.05, 3.63) is 30.2 Å². The fourth-order valence-electron chi connectivity index (χ4n) is 0.207. The van der Waals surface area contributed by atoms with Crippen LogP contribution in [-0.4, -0.2) is 5.11 Å². The van der Waals surface area contributed by atoms with E-state index in [4.69, 9.17) is 5.11 Å². The Balaban J connectivity index is 4.00. The zero-order valence-electron chi connectivity index (χ0n) is 4.31. The lowest BCUT2D eigenvalue weighted by molar-refractivity contribution is 0.434. The van der Waals surface area contributed by atoms with Gasteiger partial charge in [-0.1, -0.05) is 12.3 Å². The van der Waals surface area contributed by atoms with E-state index in [0.29, 0.717) is 0 Å². The van der Waals surface area contributed by atoms with E-state index in [1.54, 1.807) is 13.0 Å². The molecule has 1 heteroatoms. The summed E-state index contributed by atoms with van der Waals surface area (Å²) in [7, 11) is 0. The minimum atomic E-state index is 0.0856. The van der Waals surface area contributed by atoms with Gasteiger partial charge in [-0.15, -0.1) is 0 Å². The molecule has 0 rings (SSSR count). The van der Waals surface area contributed by atoms with Gasteiger partial charge < -0.3 is 5.11 Å². The van der Waals surface area contributed by atoms with Gasteiger partial charge in [-0.3, -0.25) is 0 Å². The third-order valence-electron chi connectivity index (χ3n) is 0.486. The summed E-state index contributed by atoms with van der Waals surface area (Å²) in [4.78, 5) is 0. The number of hydrogen-bond acceptors (Lipinski definition) is 1. The molecule has 0 aromatic heterocycles. The maximum Gasteiger partial charge on any atom is 0.158 e. The van der Waals surface area contributed by atoms with E-state index in [2.05, 4.69) is 12.3 Å². The molecule has 0 spiro atoms. The summed E-state index contributed by atoms with van der Waals surface area (Å²) in [5.41, 5.74) is 2.52. The first-order valence-electron chi connectivity index (χ1n) is 2.04. The van der Waals surface area contributed by atoms with E-state index in [1.807, 2.05) is 0 Å². The highest BCUT2D eigenvalue weighted by atomic mass is 16.3. The van der Waals surface area contributed by atoms with Crippen molar-refractivity contribution in [1.29, 1.82) is 0 Å². The molecule has 7 heavy (non-hydrogen) atoms. The molecule has 0 unspecified atom stereocenters. The first-order valence-corrected chi connectivity index (χ1v) is 2.04. The second-order valence-electron chi connectivity index (χ2n) is 1.02. The molecule has 0 aliphatic rings. The van der Waals surface area contributed by atoms with Gasteiger partial charge >= 0.3 is 0 Å². The first-order chi connectivity index (χ1) is 3.31. The topological polar surface area (TPSA) is 20.2 Å². The average molecular weight is 96.1 g/mol. The molecule has 0 aliphatic heterocycles. The molecule has 38 valence electrons. The van der Waals surface area contributed by atoms with Crippen LogP contribution in [0.4, 0.5) is 0 Å². The predicted octanol–water partition coefficient (Wildman–Crippen LogP) is 1.79. The van der Waals surface area contributed by atoms with Crippen molar-refractivity contribution in [3.8, 4) is 0 Å². The van der Waals surface area contributed by atoms with Crippen LogP contribution in [0.1, 0.15) is 6.92 Å². The minimum Gasteiger partial charge on any atom is -0.501 e. The number of allylic oxidation sites excluding steroid dienone is 1. The van der Waals surface area contributed by atoms with E-state index in [-0.39, 0.29) is 5.76 Å². The SMILES string of the molecule is C=CC(O)=C=CC. The Morgan fingerprint density at radius 3 is 2.57 bits per heavy atom. The molecule has 0 fully saturated rings. The molecule has 0 heterocycles. The molecule has 0 aromatic carbocycles. The average Bonchev–Trinajstić information content (AvgIpc) is 1.68. The fourth-order valence-corrected chi connectivity index (χ4v) is 0.207. The predicted molar refractivity (Wildman–Crippen MR) is 30.1 cm³/mol. The summed E-state index contributed by atoms with van der Waals surface area (Å²) in [6, 6.07) is 0. The van der Waals surface area contributed by atoms with Gasteiger partial charge in [-0.25, -0.2) is 0 Å². The molecular formula is C6H8O. The lowest BCUT2D eigenvalue weighted by Crippen LogP contribution is -1.62. The standard InChI is InChI=1S/C6H8O/c1-3-5-6(7)4-2/h3-4,7H,2H2,1H3. The zero-order chi connectivity index (χ0) is 5.70. The van der Waals surface area contributed by atoms with Gasteiger partial charge in [0.05, 0.1) is 0 Å². The van der Waals surface area contributed by atoms with Crippen LogP contribution in [-0.2, 0) is 0 Å². The normalized spacial score (nSPS) is 6.43. The second-order valence-corrected chi connectivity index (χ2v) is 1.02. The highest BCUT2D eigenvalue weighted by Gasteiger charge is 1.69. The second kappa shape index (κ2) is 3.26. The molecule has 1 N–H and O–H groups in total. The summed E-state index contributed by atoms with van der Waals surface area (Å²) < 4.78 is 0. The zero-order valence-corrected chi connectivity index (χ0v) is 4.31. The van der Waals surface area contributed by atoms with Crippen LogP contribution in [0.3, 0.4) is 0 Å². The monoisotopic (exact) mass is 96.1 g/mol. The quantitative estimate of drug-likeness (QED) is 0.300. The van der Waals surface area contributed by atoms with Crippen molar-refractivity contribution in [1.82, 2.24) is 0 Å². The minimum absolute atomic E-state index is 0.0856. The van der Waals surface area contributed by atoms with Crippen LogP contribution < -0.4 is 0 Å². The molecule has 0 atom stereocenters. The Morgan fingerprint density at radius 2 is 2.43 bits per heavy atom. The molecular weight excluding hydrogens is 88.1 g/mol. The molecule has 0 saturated carbocycles. The Labute approximate surface area is 43.3 Å². The van der Waals surface area contributed by atoms with Crippen LogP contribution in [0.5, 0.6) is 0 Å². The lowest BCUT2D eigenvalue weighted by Gasteiger charge is -1.75. The van der Waals surface area contributed by atoms with E-state index in [9.17, 15) is 0 Å². The third-order valence-corrected chi connectivity index (χ3v) is 0.486. The molecule has 0 saturated heterocycles. The van der Waals surface area contributed by atoms with Gasteiger partial charge in [-0.05, 0) is 19.1 Å². The fraction of sp³-hybridized carbons (Fsp3) is 0.167. The first kappa shape index (κ1) is 6.06. The van der Waals surface area contributed by atoms with Crippen molar-refractivity contribution in [2.75, 3.05) is 0 Å². The van der Waals surface area contributed by atoms with Gasteiger partial charge in [0.15, 0.2) is 5.76 Å². The van der Waals surface area contributed by atoms with Crippen LogP contribution in [0.15, 0.2) is 30.2 Å². The van der Waals surface area contributed by atoms with Gasteiger partial charge in [-0.2, -0.15) is 0 Å². The van der Waals surface area contributed by atoms with Gasteiger partial charge in [0, 0.05) is 0 Å². The van der Waals surface area contributed by atoms with E-state index in [1.165, 1.54) is 6.08 Å². The lowest BCUT2D eigenvalue weighted by atomic mass is 10.5. The van der Waals surface area contributed by atoms with Gasteiger partial charge in [0.2, 0.25) is 0 Å². The summed E-state index contributed by atoms with van der Waals surface area (Å²) >= 11 is 0. The molecule has 0 radical (unpaired) electrons. The van der Waals surface area contributed by atoms with Crippen molar-refractivity contribution in [2.45, 2.75) is 6.92 Å². The maximum atomic E-state index is 8.51. The van der Waals surface area contributed by atoms with Crippen molar-refractivity contribution < 1.29 is 5.11 Å². The number of hydrogen-bond donors (Lipinski definition) is 1. The molecule has 0 aromatic rings. The maximum absolute atomic E-state index is 8.51. The van der Waals surface area contributed by atoms with E-state index >= 15 is 0 Å². The molecule has 1 nitrogen and oxygen atoms in total. The summed E-state index contributed by atoms with van der Waals surface area (Å²) in [6.07, 6.45) is 2.96. The highest BCUT2D eigenvalue weighted by Crippen LogP contribution is 1.81. The largest absolute Gasteiger partial charge is 0.501 e. The van der Waals surface area contributed by atoms with Gasteiger partial charge in [0.1, 0.15) is 0 Å². The molecule has 0 amide bonds. The Hall–Kier alpha value is -0.940. The van der Waals surface area contributed by atoms with Crippen LogP contribution in [0.2, 0.25) is 0 Å². The van der Waals surface area contributed by atoms with Crippen LogP contribution in [0, 0.1) is 0 Å². The van der Waals surface area contributed by atoms with Crippen LogP contribution in [0.25, 0.3) is 0 Å². The smallest absolute Gasteiger partial charge is 0.158 e. The Morgan fingerprint density at radius 1 is 1.86 bits per heavy atom. The van der Waals surface area contributed by atoms with Crippen molar-refractivity contribution in [3.63, 3.8) is 0 Å². The van der Waals surface area contributed by atoms with E-state index < -0.39 is 0 Å². The summed E-state index contributed by atoms with van der Waals surface area (Å²) in [5, 5.41) is 8.51. The summed E-state index contributed by atoms with van der Waals surface area (Å²) in [6.45, 7) is 5.09. The molecule has 0 bridgehead atoms. The third kappa shape index (κ3) is 2.87. The van der Waals surface area contributed by atoms with Crippen molar-refractivity contribution >= 4 is 0 Å². The van der Waals surface area contributed by atoms with Crippen LogP contribution >= 0.6 is 0 Å². The number of aliphatic hydroxyl groups is 1. The highest BCUT2D eigenvalue weighted by molar-refractivity contribution is 5.04. The number of rotatable bonds is 1. The van der Waals surface area contributed by atoms with Crippen molar-refractivity contribution in [2.24, 2.45) is 0 Å².